The van der Waals surface area contributed by atoms with Crippen LogP contribution in [0.15, 0.2) is 12.2 Å². The normalized spacial score (nSPS) is 23.2. The number of hydrogen-bond acceptors (Lipinski definition) is 8. The molecular formula is C41H81O9PS. The van der Waals surface area contributed by atoms with Gasteiger partial charge >= 0.3 is 7.60 Å². The van der Waals surface area contributed by atoms with Crippen LogP contribution in [-0.4, -0.2) is 83.4 Å². The van der Waals surface area contributed by atoms with E-state index in [1.165, 1.54) is 108 Å². The van der Waals surface area contributed by atoms with E-state index in [0.717, 1.165) is 89.9 Å². The summed E-state index contributed by atoms with van der Waals surface area (Å²) in [6.45, 7) is 2.27. The molecule has 0 aliphatic heterocycles. The van der Waals surface area contributed by atoms with Crippen molar-refractivity contribution >= 4 is 19.6 Å². The Morgan fingerprint density at radius 3 is 1.21 bits per heavy atom. The second kappa shape index (κ2) is 33.2. The van der Waals surface area contributed by atoms with Gasteiger partial charge in [-0.1, -0.05) is 167 Å². The fraction of sp³-hybridized carbons (Fsp3) is 0.951. The minimum atomic E-state index is -3.84. The Balaban J connectivity index is 2.24. The third-order valence-electron chi connectivity index (χ3n) is 10.6. The standard InChI is InChI=1S/C41H81O9PS/c1-2-3-4-5-6-7-8-9-10-11-14-17-20-23-26-29-32-35(52-50-41-39(45)37(43)36(42)38(44)40(41)46)33-30-27-24-21-18-15-12-13-16-19-22-25-28-31-34-51(47,48)49/h12,15,35-46H,2-11,13-14,16-34H2,1H3,(H2,47,48,49)/b15-12-/t35?,36?,37-,38+,39-,40-,41?/m0/s1. The quantitative estimate of drug-likeness (QED) is 0.0141. The molecule has 52 heavy (non-hydrogen) atoms. The molecule has 1 saturated carbocycles. The van der Waals surface area contributed by atoms with E-state index < -0.39 is 44.2 Å². The van der Waals surface area contributed by atoms with Gasteiger partial charge in [-0.25, -0.2) is 0 Å². The van der Waals surface area contributed by atoms with Crippen LogP contribution in [0.2, 0.25) is 0 Å². The maximum atomic E-state index is 10.9. The zero-order valence-electron chi connectivity index (χ0n) is 32.9. The lowest BCUT2D eigenvalue weighted by Crippen LogP contribution is -2.63. The lowest BCUT2D eigenvalue weighted by molar-refractivity contribution is -0.214. The molecule has 0 heterocycles. The molecular weight excluding hydrogens is 699 g/mol. The zero-order chi connectivity index (χ0) is 38.3. The molecule has 310 valence electrons. The SMILES string of the molecule is CCCCCCCCCCCCCCCCCCC(CCCCCC/C=C\CCCCCCCCP(=O)(O)O)SOC1[C@@H](O)[C@H](O)C(O)[C@H](O)[C@@H]1O. The third-order valence-corrected chi connectivity index (χ3v) is 12.6. The predicted octanol–water partition coefficient (Wildman–Crippen LogP) is 9.66. The van der Waals surface area contributed by atoms with Crippen molar-refractivity contribution in [1.29, 1.82) is 0 Å². The molecule has 0 aromatic heterocycles. The first-order valence-electron chi connectivity index (χ1n) is 21.5. The van der Waals surface area contributed by atoms with Crippen LogP contribution in [0.1, 0.15) is 200 Å². The van der Waals surface area contributed by atoms with E-state index in [2.05, 4.69) is 19.1 Å². The van der Waals surface area contributed by atoms with Crippen LogP contribution >= 0.6 is 19.6 Å². The molecule has 1 fully saturated rings. The summed E-state index contributed by atoms with van der Waals surface area (Å²) in [6, 6.07) is 0. The summed E-state index contributed by atoms with van der Waals surface area (Å²) >= 11 is 1.25. The summed E-state index contributed by atoms with van der Waals surface area (Å²) in [7, 11) is -3.84. The van der Waals surface area contributed by atoms with Crippen LogP contribution in [0.4, 0.5) is 0 Å². The van der Waals surface area contributed by atoms with Crippen molar-refractivity contribution in [2.75, 3.05) is 6.16 Å². The number of allylic oxidation sites excluding steroid dienone is 2. The van der Waals surface area contributed by atoms with Gasteiger partial charge in [0.2, 0.25) is 0 Å². The predicted molar refractivity (Wildman–Crippen MR) is 217 cm³/mol. The minimum Gasteiger partial charge on any atom is -0.387 e. The molecule has 7 N–H and O–H groups in total. The summed E-state index contributed by atoms with van der Waals surface area (Å²) in [6.07, 6.45) is 31.5. The third kappa shape index (κ3) is 26.7. The van der Waals surface area contributed by atoms with Gasteiger partial charge in [0.25, 0.3) is 0 Å². The summed E-state index contributed by atoms with van der Waals surface area (Å²) in [5.41, 5.74) is 0. The largest absolute Gasteiger partial charge is 0.387 e. The van der Waals surface area contributed by atoms with Gasteiger partial charge < -0.3 is 39.5 Å². The molecule has 1 aliphatic carbocycles. The van der Waals surface area contributed by atoms with Gasteiger partial charge in [-0.05, 0) is 57.0 Å². The van der Waals surface area contributed by atoms with Crippen molar-refractivity contribution in [2.24, 2.45) is 0 Å². The van der Waals surface area contributed by atoms with Crippen molar-refractivity contribution in [3.05, 3.63) is 12.2 Å². The first kappa shape index (κ1) is 50.0. The number of rotatable bonds is 36. The summed E-state index contributed by atoms with van der Waals surface area (Å²) < 4.78 is 16.8. The van der Waals surface area contributed by atoms with E-state index >= 15 is 0 Å². The fourth-order valence-electron chi connectivity index (χ4n) is 7.12. The lowest BCUT2D eigenvalue weighted by Gasteiger charge is -2.41. The molecule has 7 atom stereocenters. The van der Waals surface area contributed by atoms with Gasteiger partial charge in [0, 0.05) is 11.4 Å². The van der Waals surface area contributed by atoms with Gasteiger partial charge in [-0.15, -0.1) is 0 Å². The van der Waals surface area contributed by atoms with Gasteiger partial charge in [0.1, 0.15) is 36.6 Å². The molecule has 3 unspecified atom stereocenters. The Labute approximate surface area is 322 Å². The Morgan fingerprint density at radius 1 is 0.500 bits per heavy atom. The van der Waals surface area contributed by atoms with Gasteiger partial charge in [0.05, 0.1) is 0 Å². The second-order valence-electron chi connectivity index (χ2n) is 15.6. The number of hydrogen-bond donors (Lipinski definition) is 7. The topological polar surface area (TPSA) is 168 Å². The van der Waals surface area contributed by atoms with Crippen LogP contribution < -0.4 is 0 Å². The molecule has 9 nitrogen and oxygen atoms in total. The molecule has 0 aromatic rings. The van der Waals surface area contributed by atoms with Gasteiger partial charge in [-0.2, -0.15) is 0 Å². The van der Waals surface area contributed by atoms with Crippen LogP contribution in [0.25, 0.3) is 0 Å². The molecule has 1 rings (SSSR count). The Bertz CT molecular complexity index is 859. The molecule has 0 saturated heterocycles. The molecule has 11 heteroatoms. The van der Waals surface area contributed by atoms with Crippen molar-refractivity contribution in [1.82, 2.24) is 0 Å². The second-order valence-corrected chi connectivity index (χ2v) is 18.4. The molecule has 0 spiro atoms. The highest BCUT2D eigenvalue weighted by molar-refractivity contribution is 7.95. The maximum absolute atomic E-state index is 10.9. The number of aliphatic hydroxyl groups excluding tert-OH is 5. The monoisotopic (exact) mass is 781 g/mol. The van der Waals surface area contributed by atoms with E-state index in [0.29, 0.717) is 6.42 Å². The van der Waals surface area contributed by atoms with Gasteiger partial charge in [0.15, 0.2) is 0 Å². The van der Waals surface area contributed by atoms with Crippen LogP contribution in [-0.2, 0) is 8.75 Å². The van der Waals surface area contributed by atoms with Crippen molar-refractivity contribution in [2.45, 2.75) is 241 Å². The van der Waals surface area contributed by atoms with Crippen molar-refractivity contribution in [3.8, 4) is 0 Å². The summed E-state index contributed by atoms with van der Waals surface area (Å²) in [5, 5.41) is 51.2. The highest BCUT2D eigenvalue weighted by Gasteiger charge is 2.49. The molecule has 0 radical (unpaired) electrons. The van der Waals surface area contributed by atoms with Gasteiger partial charge in [-0.3, -0.25) is 4.57 Å². The smallest absolute Gasteiger partial charge is 0.325 e. The van der Waals surface area contributed by atoms with Crippen LogP contribution in [0.3, 0.4) is 0 Å². The lowest BCUT2D eigenvalue weighted by atomic mass is 9.85. The molecule has 1 aliphatic rings. The highest BCUT2D eigenvalue weighted by Crippen LogP contribution is 2.35. The van der Waals surface area contributed by atoms with E-state index in [-0.39, 0.29) is 11.4 Å². The Hall–Kier alpha value is -0.0000000000000000971. The minimum absolute atomic E-state index is 0.00368. The Morgan fingerprint density at radius 2 is 0.827 bits per heavy atom. The van der Waals surface area contributed by atoms with E-state index in [1.807, 2.05) is 0 Å². The fourth-order valence-corrected chi connectivity index (χ4v) is 8.80. The van der Waals surface area contributed by atoms with Crippen LogP contribution in [0, 0.1) is 0 Å². The first-order valence-corrected chi connectivity index (χ1v) is 24.1. The highest BCUT2D eigenvalue weighted by atomic mass is 32.2. The first-order chi connectivity index (χ1) is 25.1. The van der Waals surface area contributed by atoms with Crippen LogP contribution in [0.5, 0.6) is 0 Å². The maximum Gasteiger partial charge on any atom is 0.325 e. The number of unbranched alkanes of at least 4 members (excludes halogenated alkanes) is 25. The average molecular weight is 781 g/mol. The van der Waals surface area contributed by atoms with Crippen molar-refractivity contribution in [3.63, 3.8) is 0 Å². The molecule has 0 bridgehead atoms. The Kier molecular flexibility index (Phi) is 31.9. The molecule has 0 amide bonds. The zero-order valence-corrected chi connectivity index (χ0v) is 34.6. The summed E-state index contributed by atoms with van der Waals surface area (Å²) in [5.74, 6) is 0. The number of aliphatic hydroxyl groups is 5. The van der Waals surface area contributed by atoms with E-state index in [1.54, 1.807) is 0 Å². The summed E-state index contributed by atoms with van der Waals surface area (Å²) in [4.78, 5) is 17.8. The average Bonchev–Trinajstić information content (AvgIpc) is 3.11. The molecule has 0 aromatic carbocycles. The van der Waals surface area contributed by atoms with E-state index in [4.69, 9.17) is 14.0 Å². The van der Waals surface area contributed by atoms with Crippen molar-refractivity contribution < 1.29 is 44.1 Å². The van der Waals surface area contributed by atoms with E-state index in [9.17, 15) is 30.1 Å².